The molecule has 0 aromatic carbocycles. The zero-order valence-electron chi connectivity index (χ0n) is 10.6. The lowest BCUT2D eigenvalue weighted by Crippen LogP contribution is -2.29. The molecule has 2 rings (SSSR count). The zero-order valence-corrected chi connectivity index (χ0v) is 11.3. The first-order chi connectivity index (χ1) is 9.24. The Labute approximate surface area is 115 Å². The van der Waals surface area contributed by atoms with Crippen molar-refractivity contribution >= 4 is 17.5 Å². The summed E-state index contributed by atoms with van der Waals surface area (Å²) in [6.07, 6.45) is 4.28. The summed E-state index contributed by atoms with van der Waals surface area (Å²) in [5.74, 6) is 0.806. The number of halogens is 1. The first-order valence-corrected chi connectivity index (χ1v) is 6.39. The van der Waals surface area contributed by atoms with Gasteiger partial charge in [-0.15, -0.1) is 0 Å². The Morgan fingerprint density at radius 2 is 2.16 bits per heavy atom. The van der Waals surface area contributed by atoms with Crippen LogP contribution in [-0.4, -0.2) is 49.5 Å². The van der Waals surface area contributed by atoms with Gasteiger partial charge in [-0.3, -0.25) is 0 Å². The van der Waals surface area contributed by atoms with Gasteiger partial charge in [-0.1, -0.05) is 6.92 Å². The molecule has 102 valence electrons. The van der Waals surface area contributed by atoms with E-state index in [9.17, 15) is 0 Å². The molecule has 0 atom stereocenters. The lowest BCUT2D eigenvalue weighted by atomic mass is 10.4. The van der Waals surface area contributed by atoms with Gasteiger partial charge in [-0.2, -0.15) is 20.1 Å². The van der Waals surface area contributed by atoms with Crippen molar-refractivity contribution in [3.8, 4) is 5.95 Å². The number of aliphatic hydroxyl groups is 1. The van der Waals surface area contributed by atoms with E-state index in [1.54, 1.807) is 18.5 Å². The van der Waals surface area contributed by atoms with Crippen molar-refractivity contribution in [2.45, 2.75) is 13.3 Å². The maximum Gasteiger partial charge on any atom is 0.256 e. The summed E-state index contributed by atoms with van der Waals surface area (Å²) < 4.78 is 1.51. The smallest absolute Gasteiger partial charge is 0.256 e. The van der Waals surface area contributed by atoms with Crippen LogP contribution in [0.3, 0.4) is 0 Å². The van der Waals surface area contributed by atoms with Crippen molar-refractivity contribution in [1.82, 2.24) is 24.7 Å². The predicted molar refractivity (Wildman–Crippen MR) is 71.5 cm³/mol. The van der Waals surface area contributed by atoms with E-state index in [0.717, 1.165) is 13.0 Å². The average Bonchev–Trinajstić information content (AvgIpc) is 2.91. The summed E-state index contributed by atoms with van der Waals surface area (Å²) in [7, 11) is 0. The number of rotatable bonds is 6. The van der Waals surface area contributed by atoms with E-state index in [4.69, 9.17) is 16.7 Å². The van der Waals surface area contributed by atoms with Crippen molar-refractivity contribution in [3.05, 3.63) is 23.7 Å². The van der Waals surface area contributed by atoms with Gasteiger partial charge in [-0.25, -0.2) is 4.68 Å². The van der Waals surface area contributed by atoms with E-state index in [1.807, 2.05) is 11.8 Å². The molecule has 2 aromatic heterocycles. The average molecular weight is 283 g/mol. The van der Waals surface area contributed by atoms with Crippen LogP contribution in [0.4, 0.5) is 5.95 Å². The number of hydrogen-bond acceptors (Lipinski definition) is 6. The molecular weight excluding hydrogens is 268 g/mol. The van der Waals surface area contributed by atoms with Crippen molar-refractivity contribution < 1.29 is 5.11 Å². The SMILES string of the molecule is CCCN(CCO)c1nc(Cl)nc(-n2cccn2)n1. The van der Waals surface area contributed by atoms with Crippen LogP contribution in [0.25, 0.3) is 5.95 Å². The van der Waals surface area contributed by atoms with Gasteiger partial charge in [0.05, 0.1) is 6.61 Å². The maximum atomic E-state index is 9.08. The number of hydrogen-bond donors (Lipinski definition) is 1. The van der Waals surface area contributed by atoms with Crippen LogP contribution < -0.4 is 4.90 Å². The third-order valence-corrected chi connectivity index (χ3v) is 2.61. The van der Waals surface area contributed by atoms with Crippen molar-refractivity contribution in [1.29, 1.82) is 0 Å². The number of aromatic nitrogens is 5. The van der Waals surface area contributed by atoms with Crippen molar-refractivity contribution in [3.63, 3.8) is 0 Å². The molecule has 7 nitrogen and oxygen atoms in total. The second-order valence-corrected chi connectivity index (χ2v) is 4.20. The quantitative estimate of drug-likeness (QED) is 0.849. The van der Waals surface area contributed by atoms with Gasteiger partial charge >= 0.3 is 0 Å². The first kappa shape index (κ1) is 13.7. The lowest BCUT2D eigenvalue weighted by Gasteiger charge is -2.20. The topological polar surface area (TPSA) is 80.0 Å². The fourth-order valence-electron chi connectivity index (χ4n) is 1.66. The molecule has 0 amide bonds. The third-order valence-electron chi connectivity index (χ3n) is 2.44. The minimum absolute atomic E-state index is 0.0282. The molecular formula is C11H15ClN6O. The summed E-state index contributed by atoms with van der Waals surface area (Å²) in [6.45, 7) is 3.26. The highest BCUT2D eigenvalue weighted by Gasteiger charge is 2.13. The molecule has 0 aliphatic carbocycles. The molecule has 2 aromatic rings. The van der Waals surface area contributed by atoms with Crippen LogP contribution >= 0.6 is 11.6 Å². The van der Waals surface area contributed by atoms with Gasteiger partial charge in [0.15, 0.2) is 0 Å². The molecule has 0 bridgehead atoms. The monoisotopic (exact) mass is 282 g/mol. The van der Waals surface area contributed by atoms with Gasteiger partial charge in [0.2, 0.25) is 11.2 Å². The Hall–Kier alpha value is -1.73. The molecule has 2 heterocycles. The fourth-order valence-corrected chi connectivity index (χ4v) is 1.81. The molecule has 0 spiro atoms. The molecule has 0 saturated heterocycles. The van der Waals surface area contributed by atoms with Crippen LogP contribution in [0.2, 0.25) is 5.28 Å². The van der Waals surface area contributed by atoms with Crippen LogP contribution in [-0.2, 0) is 0 Å². The molecule has 0 aliphatic heterocycles. The molecule has 0 saturated carbocycles. The molecule has 0 fully saturated rings. The molecule has 1 N–H and O–H groups in total. The van der Waals surface area contributed by atoms with Crippen LogP contribution in [0.15, 0.2) is 18.5 Å². The molecule has 0 aliphatic rings. The lowest BCUT2D eigenvalue weighted by molar-refractivity contribution is 0.301. The zero-order chi connectivity index (χ0) is 13.7. The second kappa shape index (κ2) is 6.44. The third kappa shape index (κ3) is 3.39. The molecule has 8 heteroatoms. The Balaban J connectivity index is 2.34. The Bertz CT molecular complexity index is 512. The van der Waals surface area contributed by atoms with Gasteiger partial charge < -0.3 is 10.0 Å². The van der Waals surface area contributed by atoms with Gasteiger partial charge in [0, 0.05) is 25.5 Å². The highest BCUT2D eigenvalue weighted by Crippen LogP contribution is 2.13. The van der Waals surface area contributed by atoms with E-state index < -0.39 is 0 Å². The minimum Gasteiger partial charge on any atom is -0.395 e. The number of aliphatic hydroxyl groups excluding tert-OH is 1. The van der Waals surface area contributed by atoms with E-state index in [0.29, 0.717) is 18.4 Å². The summed E-state index contributed by atoms with van der Waals surface area (Å²) in [5.41, 5.74) is 0. The van der Waals surface area contributed by atoms with E-state index in [1.165, 1.54) is 4.68 Å². The molecule has 19 heavy (non-hydrogen) atoms. The largest absolute Gasteiger partial charge is 0.395 e. The Morgan fingerprint density at radius 1 is 1.32 bits per heavy atom. The van der Waals surface area contributed by atoms with Gasteiger partial charge in [0.25, 0.3) is 5.95 Å². The normalized spacial score (nSPS) is 10.7. The first-order valence-electron chi connectivity index (χ1n) is 6.02. The highest BCUT2D eigenvalue weighted by molar-refractivity contribution is 6.28. The highest BCUT2D eigenvalue weighted by atomic mass is 35.5. The summed E-state index contributed by atoms with van der Waals surface area (Å²) >= 11 is 5.92. The Morgan fingerprint density at radius 3 is 2.79 bits per heavy atom. The minimum atomic E-state index is 0.0282. The summed E-state index contributed by atoms with van der Waals surface area (Å²) in [4.78, 5) is 14.3. The fraction of sp³-hybridized carbons (Fsp3) is 0.455. The van der Waals surface area contributed by atoms with Crippen molar-refractivity contribution in [2.75, 3.05) is 24.6 Å². The van der Waals surface area contributed by atoms with Gasteiger partial charge in [-0.05, 0) is 24.1 Å². The molecule has 0 radical (unpaired) electrons. The number of anilines is 1. The Kier molecular flexibility index (Phi) is 4.64. The summed E-state index contributed by atoms with van der Waals surface area (Å²) in [5, 5.41) is 13.2. The summed E-state index contributed by atoms with van der Waals surface area (Å²) in [6, 6.07) is 1.77. The van der Waals surface area contributed by atoms with Crippen LogP contribution in [0.5, 0.6) is 0 Å². The van der Waals surface area contributed by atoms with E-state index in [2.05, 4.69) is 20.1 Å². The van der Waals surface area contributed by atoms with Crippen LogP contribution in [0.1, 0.15) is 13.3 Å². The van der Waals surface area contributed by atoms with Gasteiger partial charge in [0.1, 0.15) is 0 Å². The predicted octanol–water partition coefficient (Wildman–Crippen LogP) is 0.919. The van der Waals surface area contributed by atoms with Crippen LogP contribution in [0, 0.1) is 0 Å². The van der Waals surface area contributed by atoms with Crippen molar-refractivity contribution in [2.24, 2.45) is 0 Å². The van der Waals surface area contributed by atoms with E-state index >= 15 is 0 Å². The van der Waals surface area contributed by atoms with E-state index in [-0.39, 0.29) is 11.9 Å². The second-order valence-electron chi connectivity index (χ2n) is 3.87. The maximum absolute atomic E-state index is 9.08. The standard InChI is InChI=1S/C11H15ClN6O/c1-2-5-17(7-8-19)10-14-9(12)15-11(16-10)18-6-3-4-13-18/h3-4,6,19H,2,5,7-8H2,1H3. The molecule has 0 unspecified atom stereocenters. The number of nitrogens with zero attached hydrogens (tertiary/aromatic N) is 6.